The SMILES string of the molecule is Cc1cc(Oc2ncc(C(=O)O)c(C)n2)cc(C)c1Br. The maximum atomic E-state index is 10.9. The highest BCUT2D eigenvalue weighted by Crippen LogP contribution is 2.28. The molecule has 0 saturated carbocycles. The number of benzene rings is 1. The molecule has 0 aliphatic rings. The van der Waals surface area contributed by atoms with E-state index in [0.717, 1.165) is 15.6 Å². The molecule has 5 nitrogen and oxygen atoms in total. The van der Waals surface area contributed by atoms with Gasteiger partial charge in [0.2, 0.25) is 0 Å². The Hall–Kier alpha value is -1.95. The van der Waals surface area contributed by atoms with E-state index in [2.05, 4.69) is 25.9 Å². The molecule has 2 aromatic rings. The first kappa shape index (κ1) is 14.5. The van der Waals surface area contributed by atoms with E-state index in [1.165, 1.54) is 6.20 Å². The predicted octanol–water partition coefficient (Wildman–Crippen LogP) is 3.65. The van der Waals surface area contributed by atoms with E-state index in [1.807, 2.05) is 26.0 Å². The fourth-order valence-corrected chi connectivity index (χ4v) is 2.00. The average molecular weight is 337 g/mol. The van der Waals surface area contributed by atoms with Crippen LogP contribution in [-0.4, -0.2) is 21.0 Å². The molecule has 6 heteroatoms. The Morgan fingerprint density at radius 2 is 1.85 bits per heavy atom. The number of aromatic carboxylic acids is 1. The number of ether oxygens (including phenoxy) is 1. The molecule has 0 fully saturated rings. The van der Waals surface area contributed by atoms with E-state index in [0.29, 0.717) is 11.4 Å². The Morgan fingerprint density at radius 3 is 2.35 bits per heavy atom. The van der Waals surface area contributed by atoms with E-state index in [4.69, 9.17) is 9.84 Å². The van der Waals surface area contributed by atoms with Gasteiger partial charge >= 0.3 is 12.0 Å². The zero-order valence-electron chi connectivity index (χ0n) is 11.3. The number of hydrogen-bond acceptors (Lipinski definition) is 4. The Labute approximate surface area is 124 Å². The molecule has 0 atom stereocenters. The monoisotopic (exact) mass is 336 g/mol. The summed E-state index contributed by atoms with van der Waals surface area (Å²) in [5.74, 6) is -0.435. The maximum absolute atomic E-state index is 10.9. The number of carboxylic acids is 1. The second-order valence-corrected chi connectivity index (χ2v) is 5.22. The van der Waals surface area contributed by atoms with Gasteiger partial charge < -0.3 is 9.84 Å². The number of aromatic nitrogens is 2. The predicted molar refractivity (Wildman–Crippen MR) is 77.4 cm³/mol. The molecular weight excluding hydrogens is 324 g/mol. The lowest BCUT2D eigenvalue weighted by Gasteiger charge is -2.09. The lowest BCUT2D eigenvalue weighted by Crippen LogP contribution is -2.04. The first-order chi connectivity index (χ1) is 9.38. The summed E-state index contributed by atoms with van der Waals surface area (Å²) in [6.45, 7) is 5.53. The largest absolute Gasteiger partial charge is 0.478 e. The van der Waals surface area contributed by atoms with Gasteiger partial charge in [-0.05, 0) is 44.0 Å². The van der Waals surface area contributed by atoms with Gasteiger partial charge in [0.15, 0.2) is 0 Å². The van der Waals surface area contributed by atoms with E-state index < -0.39 is 5.97 Å². The zero-order valence-corrected chi connectivity index (χ0v) is 12.9. The zero-order chi connectivity index (χ0) is 14.9. The van der Waals surface area contributed by atoms with Crippen molar-refractivity contribution in [1.29, 1.82) is 0 Å². The van der Waals surface area contributed by atoms with E-state index >= 15 is 0 Å². The quantitative estimate of drug-likeness (QED) is 0.925. The molecule has 0 saturated heterocycles. The highest BCUT2D eigenvalue weighted by Gasteiger charge is 2.11. The summed E-state index contributed by atoms with van der Waals surface area (Å²) in [5, 5.41) is 8.92. The molecule has 0 bridgehead atoms. The van der Waals surface area contributed by atoms with Crippen LogP contribution in [0.25, 0.3) is 0 Å². The third-order valence-corrected chi connectivity index (χ3v) is 4.06. The van der Waals surface area contributed by atoms with Crippen molar-refractivity contribution in [2.75, 3.05) is 0 Å². The highest BCUT2D eigenvalue weighted by molar-refractivity contribution is 9.10. The minimum absolute atomic E-state index is 0.0699. The van der Waals surface area contributed by atoms with Gasteiger partial charge in [0.25, 0.3) is 0 Å². The van der Waals surface area contributed by atoms with Crippen LogP contribution in [0.4, 0.5) is 0 Å². The van der Waals surface area contributed by atoms with Gasteiger partial charge in [-0.2, -0.15) is 4.98 Å². The standard InChI is InChI=1S/C14H13BrN2O3/c1-7-4-10(5-8(2)12(7)15)20-14-16-6-11(13(18)19)9(3)17-14/h4-6H,1-3H3,(H,18,19). The third-order valence-electron chi connectivity index (χ3n) is 2.81. The molecule has 1 heterocycles. The van der Waals surface area contributed by atoms with Crippen molar-refractivity contribution in [1.82, 2.24) is 9.97 Å². The molecule has 0 radical (unpaired) electrons. The Balaban J connectivity index is 2.31. The third kappa shape index (κ3) is 2.96. The molecule has 1 N–H and O–H groups in total. The van der Waals surface area contributed by atoms with Crippen LogP contribution >= 0.6 is 15.9 Å². The molecular formula is C14H13BrN2O3. The lowest BCUT2D eigenvalue weighted by molar-refractivity contribution is 0.0695. The van der Waals surface area contributed by atoms with Crippen molar-refractivity contribution in [3.63, 3.8) is 0 Å². The first-order valence-electron chi connectivity index (χ1n) is 5.90. The number of rotatable bonds is 3. The van der Waals surface area contributed by atoms with Crippen LogP contribution in [-0.2, 0) is 0 Å². The van der Waals surface area contributed by atoms with E-state index in [1.54, 1.807) is 6.92 Å². The van der Waals surface area contributed by atoms with Crippen LogP contribution < -0.4 is 4.74 Å². The van der Waals surface area contributed by atoms with Gasteiger partial charge in [-0.25, -0.2) is 9.78 Å². The minimum atomic E-state index is -1.05. The number of carbonyl (C=O) groups is 1. The molecule has 0 aliphatic heterocycles. The van der Waals surface area contributed by atoms with Crippen molar-refractivity contribution >= 4 is 21.9 Å². The fourth-order valence-electron chi connectivity index (χ4n) is 1.78. The van der Waals surface area contributed by atoms with Gasteiger partial charge in [-0.3, -0.25) is 0 Å². The Morgan fingerprint density at radius 1 is 1.25 bits per heavy atom. The summed E-state index contributed by atoms with van der Waals surface area (Å²) >= 11 is 3.48. The summed E-state index contributed by atoms with van der Waals surface area (Å²) in [5.41, 5.74) is 2.52. The van der Waals surface area contributed by atoms with E-state index in [9.17, 15) is 4.79 Å². The summed E-state index contributed by atoms with van der Waals surface area (Å²) in [7, 11) is 0. The second-order valence-electron chi connectivity index (χ2n) is 4.43. The summed E-state index contributed by atoms with van der Waals surface area (Å²) < 4.78 is 6.61. The van der Waals surface area contributed by atoms with Crippen LogP contribution in [0.3, 0.4) is 0 Å². The van der Waals surface area contributed by atoms with Gasteiger partial charge in [0.1, 0.15) is 5.75 Å². The normalized spacial score (nSPS) is 10.4. The molecule has 1 aromatic heterocycles. The summed E-state index contributed by atoms with van der Waals surface area (Å²) in [4.78, 5) is 18.8. The van der Waals surface area contributed by atoms with Crippen LogP contribution in [0.1, 0.15) is 27.2 Å². The average Bonchev–Trinajstić information content (AvgIpc) is 2.35. The minimum Gasteiger partial charge on any atom is -0.478 e. The van der Waals surface area contributed by atoms with Gasteiger partial charge in [0.05, 0.1) is 11.3 Å². The highest BCUT2D eigenvalue weighted by atomic mass is 79.9. The van der Waals surface area contributed by atoms with Crippen molar-refractivity contribution in [3.8, 4) is 11.8 Å². The van der Waals surface area contributed by atoms with Crippen LogP contribution in [0.2, 0.25) is 0 Å². The van der Waals surface area contributed by atoms with Crippen LogP contribution in [0.5, 0.6) is 11.8 Å². The van der Waals surface area contributed by atoms with Gasteiger partial charge in [-0.15, -0.1) is 0 Å². The fraction of sp³-hybridized carbons (Fsp3) is 0.214. The molecule has 1 aromatic carbocycles. The molecule has 0 amide bonds. The van der Waals surface area contributed by atoms with Crippen molar-refractivity contribution in [2.45, 2.75) is 20.8 Å². The summed E-state index contributed by atoms with van der Waals surface area (Å²) in [6, 6.07) is 3.86. The molecule has 104 valence electrons. The molecule has 0 aliphatic carbocycles. The van der Waals surface area contributed by atoms with Crippen molar-refractivity contribution < 1.29 is 14.6 Å². The van der Waals surface area contributed by atoms with Crippen LogP contribution in [0.15, 0.2) is 22.8 Å². The van der Waals surface area contributed by atoms with Crippen molar-refractivity contribution in [2.24, 2.45) is 0 Å². The molecule has 0 unspecified atom stereocenters. The van der Waals surface area contributed by atoms with Gasteiger partial charge in [0, 0.05) is 10.7 Å². The number of nitrogens with zero attached hydrogens (tertiary/aromatic N) is 2. The number of hydrogen-bond donors (Lipinski definition) is 1. The topological polar surface area (TPSA) is 72.3 Å². The summed E-state index contributed by atoms with van der Waals surface area (Å²) in [6.07, 6.45) is 1.25. The van der Waals surface area contributed by atoms with Gasteiger partial charge in [-0.1, -0.05) is 15.9 Å². The number of halogens is 1. The Kier molecular flexibility index (Phi) is 4.04. The number of aryl methyl sites for hydroxylation is 3. The first-order valence-corrected chi connectivity index (χ1v) is 6.69. The number of carboxylic acid groups (broad SMARTS) is 1. The Bertz CT molecular complexity index is 663. The van der Waals surface area contributed by atoms with Crippen molar-refractivity contribution in [3.05, 3.63) is 45.2 Å². The molecule has 20 heavy (non-hydrogen) atoms. The lowest BCUT2D eigenvalue weighted by atomic mass is 10.1. The molecule has 2 rings (SSSR count). The van der Waals surface area contributed by atoms with E-state index in [-0.39, 0.29) is 11.6 Å². The smallest absolute Gasteiger partial charge is 0.339 e. The van der Waals surface area contributed by atoms with Crippen LogP contribution in [0, 0.1) is 20.8 Å². The molecule has 0 spiro atoms. The second kappa shape index (κ2) is 5.58. The maximum Gasteiger partial charge on any atom is 0.339 e.